The summed E-state index contributed by atoms with van der Waals surface area (Å²) in [4.78, 5) is 5.12. The number of sulfone groups is 1. The molecule has 1 fully saturated rings. The van der Waals surface area contributed by atoms with Gasteiger partial charge in [-0.15, -0.1) is 0 Å². The van der Waals surface area contributed by atoms with Crippen LogP contribution in [0.15, 0.2) is 53.3 Å². The number of ether oxygens (including phenoxy) is 2. The van der Waals surface area contributed by atoms with Crippen molar-refractivity contribution < 1.29 is 27.8 Å². The van der Waals surface area contributed by atoms with Crippen molar-refractivity contribution in [2.24, 2.45) is 0 Å². The monoisotopic (exact) mass is 410 g/mol. The van der Waals surface area contributed by atoms with Crippen LogP contribution in [0.25, 0.3) is 0 Å². The first kappa shape index (κ1) is 20.8. The van der Waals surface area contributed by atoms with Gasteiger partial charge >= 0.3 is 5.12 Å². The lowest BCUT2D eigenvalue weighted by Gasteiger charge is -2.33. The van der Waals surface area contributed by atoms with Crippen molar-refractivity contribution in [1.29, 1.82) is 0 Å². The number of piperidine rings is 1. The maximum atomic E-state index is 13.2. The van der Waals surface area contributed by atoms with Gasteiger partial charge in [0.2, 0.25) is 9.84 Å². The second-order valence-corrected chi connectivity index (χ2v) is 8.94. The largest absolute Gasteiger partial charge is 0.385 e. The van der Waals surface area contributed by atoms with Crippen LogP contribution in [-0.4, -0.2) is 51.1 Å². The van der Waals surface area contributed by atoms with Gasteiger partial charge in [-0.05, 0) is 50.6 Å². The number of aliphatic hydroxyl groups is 1. The quantitative estimate of drug-likeness (QED) is 0.548. The second kappa shape index (κ2) is 9.06. The van der Waals surface area contributed by atoms with Crippen LogP contribution < -0.4 is 10.8 Å². The third-order valence-electron chi connectivity index (χ3n) is 4.52. The molecule has 3 N–H and O–H groups in total. The Morgan fingerprint density at radius 1 is 1.32 bits per heavy atom. The maximum absolute atomic E-state index is 13.2. The Morgan fingerprint density at radius 3 is 2.75 bits per heavy atom. The Morgan fingerprint density at radius 2 is 2.11 bits per heavy atom. The van der Waals surface area contributed by atoms with Gasteiger partial charge in [0.1, 0.15) is 13.2 Å². The van der Waals surface area contributed by atoms with Gasteiger partial charge in [-0.1, -0.05) is 17.7 Å². The molecule has 1 aromatic carbocycles. The van der Waals surface area contributed by atoms with Crippen LogP contribution in [0.3, 0.4) is 0 Å². The number of aryl methyl sites for hydroxylation is 1. The molecule has 3 rings (SSSR count). The summed E-state index contributed by atoms with van der Waals surface area (Å²) >= 11 is 0. The van der Waals surface area contributed by atoms with Gasteiger partial charge in [0, 0.05) is 12.7 Å². The lowest BCUT2D eigenvalue weighted by Crippen LogP contribution is -2.51. The van der Waals surface area contributed by atoms with Crippen molar-refractivity contribution in [3.05, 3.63) is 53.9 Å². The van der Waals surface area contributed by atoms with E-state index in [4.69, 9.17) is 14.3 Å². The van der Waals surface area contributed by atoms with Crippen LogP contribution >= 0.6 is 0 Å². The Balaban J connectivity index is 1.78. The van der Waals surface area contributed by atoms with Crippen LogP contribution in [0.2, 0.25) is 0 Å². The summed E-state index contributed by atoms with van der Waals surface area (Å²) in [5.74, 6) is 0.455. The first-order chi connectivity index (χ1) is 13.4. The van der Waals surface area contributed by atoms with Crippen molar-refractivity contribution in [3.63, 3.8) is 0 Å². The first-order valence-corrected chi connectivity index (χ1v) is 10.7. The molecule has 2 aliphatic rings. The lowest BCUT2D eigenvalue weighted by molar-refractivity contribution is -0.201. The van der Waals surface area contributed by atoms with Crippen molar-refractivity contribution >= 4 is 9.84 Å². The predicted molar refractivity (Wildman–Crippen MR) is 103 cm³/mol. The predicted octanol–water partition coefficient (Wildman–Crippen LogP) is 1.13. The zero-order valence-corrected chi connectivity index (χ0v) is 16.6. The molecule has 2 unspecified atom stereocenters. The molecule has 8 nitrogen and oxygen atoms in total. The molecule has 0 spiro atoms. The molecule has 9 heteroatoms. The van der Waals surface area contributed by atoms with Crippen LogP contribution in [0.5, 0.6) is 0 Å². The van der Waals surface area contributed by atoms with E-state index < -0.39 is 27.7 Å². The minimum Gasteiger partial charge on any atom is -0.385 e. The highest BCUT2D eigenvalue weighted by Gasteiger charge is 2.47. The zero-order chi connectivity index (χ0) is 20.0. The van der Waals surface area contributed by atoms with Crippen LogP contribution in [0.1, 0.15) is 18.4 Å². The average molecular weight is 410 g/mol. The fraction of sp³-hybridized carbons (Fsp3) is 0.474. The summed E-state index contributed by atoms with van der Waals surface area (Å²) in [7, 11) is -4.23. The summed E-state index contributed by atoms with van der Waals surface area (Å²) < 4.78 is 37.5. The highest BCUT2D eigenvalue weighted by Crippen LogP contribution is 2.29. The van der Waals surface area contributed by atoms with E-state index in [1.54, 1.807) is 30.5 Å². The Bertz CT molecular complexity index is 815. The number of hydrogen-bond acceptors (Lipinski definition) is 8. The normalized spacial score (nSPS) is 21.9. The molecule has 0 bridgehead atoms. The minimum atomic E-state index is -4.23. The zero-order valence-electron chi connectivity index (χ0n) is 15.8. The highest BCUT2D eigenvalue weighted by atomic mass is 32.2. The van der Waals surface area contributed by atoms with Gasteiger partial charge in [-0.25, -0.2) is 13.9 Å². The first-order valence-electron chi connectivity index (χ1n) is 9.19. The van der Waals surface area contributed by atoms with Crippen molar-refractivity contribution in [2.75, 3.05) is 26.3 Å². The van der Waals surface area contributed by atoms with Crippen LogP contribution in [0.4, 0.5) is 0 Å². The third kappa shape index (κ3) is 4.92. The van der Waals surface area contributed by atoms with Gasteiger partial charge in [-0.2, -0.15) is 0 Å². The number of hydrogen-bond donors (Lipinski definition) is 3. The van der Waals surface area contributed by atoms with Crippen molar-refractivity contribution in [2.45, 2.75) is 35.9 Å². The SMILES string of the molecule is Cc1ccc(S(=O)(=O)C(O)(COCC2=CC=CNO2)OC2CCCNC2)cc1. The van der Waals surface area contributed by atoms with Crippen LogP contribution in [0, 0.1) is 6.92 Å². The molecule has 0 saturated carbocycles. The Labute approximate surface area is 165 Å². The van der Waals surface area contributed by atoms with E-state index in [0.29, 0.717) is 18.7 Å². The molecule has 154 valence electrons. The molecule has 0 amide bonds. The molecule has 2 atom stereocenters. The summed E-state index contributed by atoms with van der Waals surface area (Å²) in [5, 5.41) is 11.7. The number of benzene rings is 1. The minimum absolute atomic E-state index is 0.0185. The lowest BCUT2D eigenvalue weighted by atomic mass is 10.1. The average Bonchev–Trinajstić information content (AvgIpc) is 2.70. The van der Waals surface area contributed by atoms with E-state index in [1.165, 1.54) is 12.1 Å². The van der Waals surface area contributed by atoms with Gasteiger partial charge in [0.05, 0.1) is 11.0 Å². The number of allylic oxidation sites excluding steroid dienone is 2. The van der Waals surface area contributed by atoms with Gasteiger partial charge in [0.15, 0.2) is 5.76 Å². The Kier molecular flexibility index (Phi) is 6.73. The Hall–Kier alpha value is -1.91. The topological polar surface area (TPSA) is 106 Å². The summed E-state index contributed by atoms with van der Waals surface area (Å²) in [6, 6.07) is 6.27. The van der Waals surface area contributed by atoms with E-state index in [-0.39, 0.29) is 11.5 Å². The molecule has 2 aliphatic heterocycles. The molecule has 2 heterocycles. The maximum Gasteiger partial charge on any atom is 0.300 e. The number of nitrogens with one attached hydrogen (secondary N) is 2. The van der Waals surface area contributed by atoms with E-state index >= 15 is 0 Å². The van der Waals surface area contributed by atoms with E-state index in [1.807, 2.05) is 6.92 Å². The smallest absolute Gasteiger partial charge is 0.300 e. The van der Waals surface area contributed by atoms with Gasteiger partial charge < -0.3 is 24.7 Å². The van der Waals surface area contributed by atoms with E-state index in [2.05, 4.69) is 10.8 Å². The summed E-state index contributed by atoms with van der Waals surface area (Å²) in [5.41, 5.74) is 3.48. The molecule has 0 aliphatic carbocycles. The summed E-state index contributed by atoms with van der Waals surface area (Å²) in [6.45, 7) is 2.59. The fourth-order valence-corrected chi connectivity index (χ4v) is 4.32. The highest BCUT2D eigenvalue weighted by molar-refractivity contribution is 7.92. The van der Waals surface area contributed by atoms with Gasteiger partial charge in [0.25, 0.3) is 0 Å². The summed E-state index contributed by atoms with van der Waals surface area (Å²) in [6.07, 6.45) is 6.06. The molecule has 28 heavy (non-hydrogen) atoms. The molecular formula is C19H26N2O6S. The van der Waals surface area contributed by atoms with Crippen LogP contribution in [-0.2, 0) is 24.1 Å². The fourth-order valence-electron chi connectivity index (χ4n) is 2.95. The molecule has 0 aromatic heterocycles. The number of rotatable bonds is 8. The molecular weight excluding hydrogens is 384 g/mol. The van der Waals surface area contributed by atoms with Crippen molar-refractivity contribution in [3.8, 4) is 0 Å². The van der Waals surface area contributed by atoms with Crippen molar-refractivity contribution in [1.82, 2.24) is 10.8 Å². The third-order valence-corrected chi connectivity index (χ3v) is 6.47. The molecule has 1 aromatic rings. The van der Waals surface area contributed by atoms with E-state index in [0.717, 1.165) is 18.5 Å². The number of hydroxylamine groups is 1. The molecule has 0 radical (unpaired) electrons. The molecule has 1 saturated heterocycles. The second-order valence-electron chi connectivity index (χ2n) is 6.82. The van der Waals surface area contributed by atoms with E-state index in [9.17, 15) is 13.5 Å². The van der Waals surface area contributed by atoms with Gasteiger partial charge in [-0.3, -0.25) is 0 Å². The standard InChI is InChI=1S/C19H26N2O6S/c1-15-6-8-18(9-7-15)28(23,24)19(22,26-16-4-2-10-20-12-16)14-25-13-17-5-3-11-21-27-17/h3,5-9,11,16,20-22H,2,4,10,12-14H2,1H3.